The highest BCUT2D eigenvalue weighted by molar-refractivity contribution is 9.09. The molecule has 16 heavy (non-hydrogen) atoms. The van der Waals surface area contributed by atoms with Crippen LogP contribution < -0.4 is 0 Å². The van der Waals surface area contributed by atoms with Crippen LogP contribution >= 0.6 is 15.9 Å². The molecule has 0 heterocycles. The Morgan fingerprint density at radius 2 is 2.19 bits per heavy atom. The molecule has 1 aromatic carbocycles. The predicted octanol–water partition coefficient (Wildman–Crippen LogP) is 2.27. The topological polar surface area (TPSA) is 57.5 Å². The Balaban J connectivity index is 3.02. The molecule has 0 saturated carbocycles. The molecule has 0 radical (unpaired) electrons. The fourth-order valence-corrected chi connectivity index (χ4v) is 1.72. The van der Waals surface area contributed by atoms with Gasteiger partial charge in [-0.1, -0.05) is 22.0 Å². The Hall–Kier alpha value is -0.940. The van der Waals surface area contributed by atoms with Crippen LogP contribution in [0.15, 0.2) is 18.2 Å². The van der Waals surface area contributed by atoms with Crippen molar-refractivity contribution >= 4 is 21.9 Å². The number of halogens is 2. The zero-order chi connectivity index (χ0) is 12.1. The molecule has 1 unspecified atom stereocenters. The van der Waals surface area contributed by atoms with Crippen molar-refractivity contribution in [1.29, 1.82) is 0 Å². The number of hydrogen-bond acceptors (Lipinski definition) is 2. The lowest BCUT2D eigenvalue weighted by atomic mass is 9.99. The molecule has 0 aliphatic heterocycles. The monoisotopic (exact) mass is 290 g/mol. The smallest absolute Gasteiger partial charge is 0.337 e. The zero-order valence-corrected chi connectivity index (χ0v) is 10.1. The zero-order valence-electron chi connectivity index (χ0n) is 8.49. The molecule has 0 saturated heterocycles. The van der Waals surface area contributed by atoms with Crippen LogP contribution in [0.4, 0.5) is 4.39 Å². The highest BCUT2D eigenvalue weighted by Crippen LogP contribution is 2.21. The molecule has 1 aromatic rings. The summed E-state index contributed by atoms with van der Waals surface area (Å²) in [6, 6.07) is 3.85. The fraction of sp³-hybridized carbons (Fsp3) is 0.364. The van der Waals surface area contributed by atoms with E-state index in [1.807, 2.05) is 0 Å². The van der Waals surface area contributed by atoms with Crippen LogP contribution in [0.3, 0.4) is 0 Å². The van der Waals surface area contributed by atoms with Gasteiger partial charge in [-0.2, -0.15) is 0 Å². The van der Waals surface area contributed by atoms with E-state index in [0.29, 0.717) is 12.0 Å². The highest BCUT2D eigenvalue weighted by Gasteiger charge is 2.19. The lowest BCUT2D eigenvalue weighted by Gasteiger charge is -2.12. The highest BCUT2D eigenvalue weighted by atomic mass is 79.9. The van der Waals surface area contributed by atoms with Crippen molar-refractivity contribution in [1.82, 2.24) is 0 Å². The fourth-order valence-electron chi connectivity index (χ4n) is 1.44. The van der Waals surface area contributed by atoms with Gasteiger partial charge in [-0.25, -0.2) is 9.18 Å². The number of alkyl halides is 1. The van der Waals surface area contributed by atoms with Crippen LogP contribution in [0.5, 0.6) is 0 Å². The maximum Gasteiger partial charge on any atom is 0.337 e. The number of carbonyl (C=O) groups is 1. The van der Waals surface area contributed by atoms with Crippen molar-refractivity contribution in [3.05, 3.63) is 35.1 Å². The van der Waals surface area contributed by atoms with Gasteiger partial charge in [-0.3, -0.25) is 0 Å². The quantitative estimate of drug-likeness (QED) is 0.818. The maximum absolute atomic E-state index is 13.0. The van der Waals surface area contributed by atoms with Crippen molar-refractivity contribution in [2.75, 3.05) is 5.33 Å². The standard InChI is InChI=1S/C11H12BrFO3/c12-5-1-2-7-3-4-8(13)6-9(7)10(14)11(15)16/h3-4,6,10,14H,1-2,5H2,(H,15,16). The van der Waals surface area contributed by atoms with Crippen LogP contribution in [-0.4, -0.2) is 21.5 Å². The molecule has 0 amide bonds. The van der Waals surface area contributed by atoms with Gasteiger partial charge in [0.1, 0.15) is 5.82 Å². The summed E-state index contributed by atoms with van der Waals surface area (Å²) in [6.07, 6.45) is -0.267. The van der Waals surface area contributed by atoms with E-state index >= 15 is 0 Å². The summed E-state index contributed by atoms with van der Waals surface area (Å²) in [6.45, 7) is 0. The number of benzene rings is 1. The van der Waals surface area contributed by atoms with Crippen LogP contribution in [0.2, 0.25) is 0 Å². The van der Waals surface area contributed by atoms with E-state index in [0.717, 1.165) is 17.8 Å². The Morgan fingerprint density at radius 1 is 1.50 bits per heavy atom. The third-order valence-corrected chi connectivity index (χ3v) is 2.78. The summed E-state index contributed by atoms with van der Waals surface area (Å²) in [7, 11) is 0. The van der Waals surface area contributed by atoms with E-state index in [9.17, 15) is 14.3 Å². The van der Waals surface area contributed by atoms with Crippen molar-refractivity contribution in [2.24, 2.45) is 0 Å². The summed E-state index contributed by atoms with van der Waals surface area (Å²) in [5.41, 5.74) is 0.796. The molecule has 2 N–H and O–H groups in total. The first kappa shape index (κ1) is 13.1. The van der Waals surface area contributed by atoms with Gasteiger partial charge in [0.05, 0.1) is 0 Å². The van der Waals surface area contributed by atoms with E-state index < -0.39 is 17.9 Å². The van der Waals surface area contributed by atoms with Crippen LogP contribution in [0.1, 0.15) is 23.7 Å². The molecule has 0 spiro atoms. The number of aliphatic hydroxyl groups is 1. The molecule has 5 heteroatoms. The molecule has 3 nitrogen and oxygen atoms in total. The van der Waals surface area contributed by atoms with Gasteiger partial charge in [0.15, 0.2) is 6.10 Å². The van der Waals surface area contributed by atoms with E-state index in [1.54, 1.807) is 0 Å². The second kappa shape index (κ2) is 5.96. The average molecular weight is 291 g/mol. The Morgan fingerprint density at radius 3 is 2.75 bits per heavy atom. The first-order valence-electron chi connectivity index (χ1n) is 4.81. The number of carboxylic acid groups (broad SMARTS) is 1. The Bertz CT molecular complexity index is 381. The van der Waals surface area contributed by atoms with E-state index in [-0.39, 0.29) is 5.56 Å². The Kier molecular flexibility index (Phi) is 4.89. The van der Waals surface area contributed by atoms with E-state index in [2.05, 4.69) is 15.9 Å². The number of carboxylic acids is 1. The first-order chi connectivity index (χ1) is 7.56. The summed E-state index contributed by atoms with van der Waals surface area (Å²) >= 11 is 3.26. The van der Waals surface area contributed by atoms with E-state index in [4.69, 9.17) is 5.11 Å². The normalized spacial score (nSPS) is 12.4. The molecular weight excluding hydrogens is 279 g/mol. The van der Waals surface area contributed by atoms with Gasteiger partial charge in [0.25, 0.3) is 0 Å². The number of aliphatic hydroxyl groups excluding tert-OH is 1. The molecule has 0 aliphatic rings. The third-order valence-electron chi connectivity index (χ3n) is 2.22. The van der Waals surface area contributed by atoms with Gasteiger partial charge in [-0.05, 0) is 36.1 Å². The molecule has 0 aliphatic carbocycles. The SMILES string of the molecule is O=C(O)C(O)c1cc(F)ccc1CCCBr. The van der Waals surface area contributed by atoms with Gasteiger partial charge in [0.2, 0.25) is 0 Å². The van der Waals surface area contributed by atoms with Crippen molar-refractivity contribution in [3.63, 3.8) is 0 Å². The van der Waals surface area contributed by atoms with Gasteiger partial charge >= 0.3 is 5.97 Å². The average Bonchev–Trinajstić information content (AvgIpc) is 2.26. The molecule has 0 bridgehead atoms. The van der Waals surface area contributed by atoms with Gasteiger partial charge in [0, 0.05) is 5.33 Å². The molecule has 88 valence electrons. The lowest BCUT2D eigenvalue weighted by molar-refractivity contribution is -0.147. The summed E-state index contributed by atoms with van der Waals surface area (Å²) < 4.78 is 13.0. The molecule has 0 fully saturated rings. The minimum Gasteiger partial charge on any atom is -0.479 e. The third kappa shape index (κ3) is 3.28. The summed E-state index contributed by atoms with van der Waals surface area (Å²) in [5, 5.41) is 18.9. The van der Waals surface area contributed by atoms with Crippen molar-refractivity contribution < 1.29 is 19.4 Å². The number of rotatable bonds is 5. The number of aliphatic carboxylic acids is 1. The maximum atomic E-state index is 13.0. The molecule has 0 aromatic heterocycles. The summed E-state index contributed by atoms with van der Waals surface area (Å²) in [4.78, 5) is 10.7. The minimum atomic E-state index is -1.67. The second-order valence-electron chi connectivity index (χ2n) is 3.38. The van der Waals surface area contributed by atoms with Crippen molar-refractivity contribution in [2.45, 2.75) is 18.9 Å². The van der Waals surface area contributed by atoms with Crippen LogP contribution in [0.25, 0.3) is 0 Å². The van der Waals surface area contributed by atoms with Gasteiger partial charge < -0.3 is 10.2 Å². The molecule has 1 rings (SSSR count). The van der Waals surface area contributed by atoms with Crippen LogP contribution in [0, 0.1) is 5.82 Å². The largest absolute Gasteiger partial charge is 0.479 e. The van der Waals surface area contributed by atoms with E-state index in [1.165, 1.54) is 12.1 Å². The van der Waals surface area contributed by atoms with Crippen molar-refractivity contribution in [3.8, 4) is 0 Å². The predicted molar refractivity (Wildman–Crippen MR) is 61.1 cm³/mol. The summed E-state index contributed by atoms with van der Waals surface area (Å²) in [5.74, 6) is -1.91. The molecule has 1 atom stereocenters. The first-order valence-corrected chi connectivity index (χ1v) is 5.93. The Labute approximate surface area is 101 Å². The lowest BCUT2D eigenvalue weighted by Crippen LogP contribution is -2.13. The minimum absolute atomic E-state index is 0.133. The second-order valence-corrected chi connectivity index (χ2v) is 4.17. The number of hydrogen-bond donors (Lipinski definition) is 2. The van der Waals surface area contributed by atoms with Gasteiger partial charge in [-0.15, -0.1) is 0 Å². The molecular formula is C11H12BrFO3. The van der Waals surface area contributed by atoms with Crippen LogP contribution in [-0.2, 0) is 11.2 Å². The number of aryl methyl sites for hydroxylation is 1.